The smallest absolute Gasteiger partial charge is 0.337 e. The number of methoxy groups -OCH3 is 1. The first kappa shape index (κ1) is 18.8. The van der Waals surface area contributed by atoms with Gasteiger partial charge in [0.2, 0.25) is 0 Å². The Bertz CT molecular complexity index is 643. The third kappa shape index (κ3) is 5.22. The largest absolute Gasteiger partial charge is 0.497 e. The van der Waals surface area contributed by atoms with Gasteiger partial charge in [-0.2, -0.15) is 0 Å². The summed E-state index contributed by atoms with van der Waals surface area (Å²) in [6.45, 7) is 4.38. The van der Waals surface area contributed by atoms with Crippen molar-refractivity contribution in [2.75, 3.05) is 25.6 Å². The van der Waals surface area contributed by atoms with Crippen molar-refractivity contribution in [3.05, 3.63) is 60.2 Å². The molecule has 2 rings (SSSR count). The number of nitrogens with one attached hydrogen (secondary N) is 1. The zero-order valence-corrected chi connectivity index (χ0v) is 14.9. The molecule has 0 heterocycles. The van der Waals surface area contributed by atoms with E-state index < -0.39 is 6.10 Å². The van der Waals surface area contributed by atoms with Crippen LogP contribution in [0.4, 0.5) is 5.69 Å². The third-order valence-corrected chi connectivity index (χ3v) is 3.74. The highest BCUT2D eigenvalue weighted by atomic mass is 16.6. The van der Waals surface area contributed by atoms with E-state index in [1.165, 1.54) is 0 Å². The van der Waals surface area contributed by atoms with Gasteiger partial charge in [0.05, 0.1) is 19.8 Å². The number of rotatable bonds is 9. The number of carbonyl (C=O) groups is 1. The molecule has 0 bridgehead atoms. The summed E-state index contributed by atoms with van der Waals surface area (Å²) in [5.74, 6) is 0.396. The van der Waals surface area contributed by atoms with Crippen LogP contribution in [0.2, 0.25) is 0 Å². The molecular formula is C20H25NO4. The summed E-state index contributed by atoms with van der Waals surface area (Å²) in [6, 6.07) is 16.9. The monoisotopic (exact) mass is 343 g/mol. The van der Waals surface area contributed by atoms with E-state index in [9.17, 15) is 4.79 Å². The Morgan fingerprint density at radius 2 is 1.68 bits per heavy atom. The van der Waals surface area contributed by atoms with Crippen LogP contribution in [0.1, 0.15) is 25.5 Å². The van der Waals surface area contributed by atoms with E-state index in [4.69, 9.17) is 14.2 Å². The van der Waals surface area contributed by atoms with Gasteiger partial charge in [-0.25, -0.2) is 4.79 Å². The van der Waals surface area contributed by atoms with E-state index in [2.05, 4.69) is 5.32 Å². The molecule has 0 spiro atoms. The van der Waals surface area contributed by atoms with Crippen molar-refractivity contribution in [2.24, 2.45) is 0 Å². The number of esters is 1. The number of hydrogen-bond acceptors (Lipinski definition) is 5. The van der Waals surface area contributed by atoms with Gasteiger partial charge in [0, 0.05) is 12.3 Å². The number of benzene rings is 2. The lowest BCUT2D eigenvalue weighted by Crippen LogP contribution is -2.37. The normalized spacial score (nSPS) is 12.9. The molecule has 0 fully saturated rings. The molecule has 25 heavy (non-hydrogen) atoms. The molecule has 2 aromatic rings. The molecule has 0 aromatic heterocycles. The Kier molecular flexibility index (Phi) is 7.29. The highest BCUT2D eigenvalue weighted by Crippen LogP contribution is 2.27. The Balaban J connectivity index is 2.32. The van der Waals surface area contributed by atoms with Crippen molar-refractivity contribution in [1.82, 2.24) is 0 Å². The predicted molar refractivity (Wildman–Crippen MR) is 97.8 cm³/mol. The second-order valence-electron chi connectivity index (χ2n) is 5.39. The maximum atomic E-state index is 12.4. The van der Waals surface area contributed by atoms with Crippen LogP contribution in [0.25, 0.3) is 0 Å². The van der Waals surface area contributed by atoms with Gasteiger partial charge in [-0.15, -0.1) is 0 Å². The van der Waals surface area contributed by atoms with Crippen LogP contribution in [0.5, 0.6) is 5.75 Å². The molecule has 5 nitrogen and oxygen atoms in total. The lowest BCUT2D eigenvalue weighted by molar-refractivity contribution is -0.157. The standard InChI is InChI=1S/C20H25NO4/c1-4-24-19(20(22)25-5-2)18(15-9-7-6-8-10-15)21-16-11-13-17(23-3)14-12-16/h6-14,18-19,21H,4-5H2,1-3H3/t18-,19-/m1/s1. The van der Waals surface area contributed by atoms with Crippen LogP contribution in [0.3, 0.4) is 0 Å². The highest BCUT2D eigenvalue weighted by molar-refractivity contribution is 5.77. The molecule has 0 aliphatic carbocycles. The minimum Gasteiger partial charge on any atom is -0.497 e. The van der Waals surface area contributed by atoms with E-state index in [0.717, 1.165) is 17.0 Å². The maximum absolute atomic E-state index is 12.4. The van der Waals surface area contributed by atoms with Crippen LogP contribution < -0.4 is 10.1 Å². The lowest BCUT2D eigenvalue weighted by atomic mass is 10.0. The zero-order chi connectivity index (χ0) is 18.1. The van der Waals surface area contributed by atoms with E-state index in [1.54, 1.807) is 14.0 Å². The fourth-order valence-corrected chi connectivity index (χ4v) is 2.57. The molecule has 1 N–H and O–H groups in total. The summed E-state index contributed by atoms with van der Waals surface area (Å²) in [5, 5.41) is 3.39. The van der Waals surface area contributed by atoms with Crippen molar-refractivity contribution in [2.45, 2.75) is 26.0 Å². The van der Waals surface area contributed by atoms with Gasteiger partial charge in [-0.3, -0.25) is 0 Å². The van der Waals surface area contributed by atoms with Gasteiger partial charge in [0.25, 0.3) is 0 Å². The van der Waals surface area contributed by atoms with Gasteiger partial charge < -0.3 is 19.5 Å². The topological polar surface area (TPSA) is 56.8 Å². The van der Waals surface area contributed by atoms with Crippen LogP contribution in [-0.2, 0) is 14.3 Å². The molecule has 0 aliphatic heterocycles. The van der Waals surface area contributed by atoms with Crippen molar-refractivity contribution in [3.63, 3.8) is 0 Å². The second-order valence-corrected chi connectivity index (χ2v) is 5.39. The van der Waals surface area contributed by atoms with Gasteiger partial charge in [-0.05, 0) is 43.7 Å². The predicted octanol–water partition coefficient (Wildman–Crippen LogP) is 3.82. The Morgan fingerprint density at radius 1 is 1.00 bits per heavy atom. The maximum Gasteiger partial charge on any atom is 0.337 e. The van der Waals surface area contributed by atoms with Crippen LogP contribution in [-0.4, -0.2) is 32.4 Å². The van der Waals surface area contributed by atoms with E-state index in [0.29, 0.717) is 13.2 Å². The molecular weight excluding hydrogens is 318 g/mol. The summed E-state index contributed by atoms with van der Waals surface area (Å²) in [6.07, 6.45) is -0.741. The average molecular weight is 343 g/mol. The SMILES string of the molecule is CCOC(=O)[C@H](OCC)[C@H](Nc1ccc(OC)cc1)c1ccccc1. The Morgan fingerprint density at radius 3 is 2.24 bits per heavy atom. The zero-order valence-electron chi connectivity index (χ0n) is 14.9. The molecule has 0 amide bonds. The molecule has 0 unspecified atom stereocenters. The van der Waals surface area contributed by atoms with Crippen LogP contribution in [0.15, 0.2) is 54.6 Å². The summed E-state index contributed by atoms with van der Waals surface area (Å²) < 4.78 is 16.1. The summed E-state index contributed by atoms with van der Waals surface area (Å²) in [7, 11) is 1.63. The molecule has 2 atom stereocenters. The second kappa shape index (κ2) is 9.69. The van der Waals surface area contributed by atoms with Crippen LogP contribution in [0, 0.1) is 0 Å². The van der Waals surface area contributed by atoms with Gasteiger partial charge in [0.1, 0.15) is 5.75 Å². The third-order valence-electron chi connectivity index (χ3n) is 3.74. The number of ether oxygens (including phenoxy) is 3. The summed E-state index contributed by atoms with van der Waals surface area (Å²) >= 11 is 0. The molecule has 0 saturated heterocycles. The first-order valence-electron chi connectivity index (χ1n) is 8.43. The number of carbonyl (C=O) groups excluding carboxylic acids is 1. The van der Waals surface area contributed by atoms with E-state index in [1.807, 2.05) is 61.5 Å². The average Bonchev–Trinajstić information content (AvgIpc) is 2.66. The van der Waals surface area contributed by atoms with Crippen LogP contribution >= 0.6 is 0 Å². The van der Waals surface area contributed by atoms with Crippen molar-refractivity contribution in [3.8, 4) is 5.75 Å². The minimum absolute atomic E-state index is 0.312. The molecule has 0 radical (unpaired) electrons. The van der Waals surface area contributed by atoms with Gasteiger partial charge in [0.15, 0.2) is 6.10 Å². The van der Waals surface area contributed by atoms with Gasteiger partial charge in [-0.1, -0.05) is 30.3 Å². The quantitative estimate of drug-likeness (QED) is 0.702. The molecule has 2 aromatic carbocycles. The summed E-state index contributed by atoms with van der Waals surface area (Å²) in [5.41, 5.74) is 1.81. The summed E-state index contributed by atoms with van der Waals surface area (Å²) in [4.78, 5) is 12.4. The van der Waals surface area contributed by atoms with E-state index >= 15 is 0 Å². The first-order valence-corrected chi connectivity index (χ1v) is 8.43. The first-order chi connectivity index (χ1) is 12.2. The molecule has 5 heteroatoms. The van der Waals surface area contributed by atoms with Crippen molar-refractivity contribution in [1.29, 1.82) is 0 Å². The highest BCUT2D eigenvalue weighted by Gasteiger charge is 2.31. The van der Waals surface area contributed by atoms with Crippen molar-refractivity contribution >= 4 is 11.7 Å². The lowest BCUT2D eigenvalue weighted by Gasteiger charge is -2.27. The Hall–Kier alpha value is -2.53. The fraction of sp³-hybridized carbons (Fsp3) is 0.350. The van der Waals surface area contributed by atoms with E-state index in [-0.39, 0.29) is 12.0 Å². The number of anilines is 1. The molecule has 0 aliphatic rings. The minimum atomic E-state index is -0.741. The molecule has 134 valence electrons. The Labute approximate surface area is 148 Å². The molecule has 0 saturated carbocycles. The number of hydrogen-bond donors (Lipinski definition) is 1. The van der Waals surface area contributed by atoms with Crippen molar-refractivity contribution < 1.29 is 19.0 Å². The fourth-order valence-electron chi connectivity index (χ4n) is 2.57. The van der Waals surface area contributed by atoms with Gasteiger partial charge >= 0.3 is 5.97 Å².